The summed E-state index contributed by atoms with van der Waals surface area (Å²) in [4.78, 5) is 12.3. The highest BCUT2D eigenvalue weighted by Gasteiger charge is 2.28. The van der Waals surface area contributed by atoms with Crippen LogP contribution in [0.5, 0.6) is 11.5 Å². The van der Waals surface area contributed by atoms with Crippen LogP contribution in [0.1, 0.15) is 6.42 Å². The van der Waals surface area contributed by atoms with Crippen molar-refractivity contribution in [2.24, 2.45) is 0 Å². The molecular weight excluding hydrogens is 370 g/mol. The molecule has 0 aliphatic carbocycles. The summed E-state index contributed by atoms with van der Waals surface area (Å²) in [7, 11) is -0.231. The molecule has 0 unspecified atom stereocenters. The first-order valence-electron chi connectivity index (χ1n) is 8.33. The molecule has 1 saturated heterocycles. The summed E-state index contributed by atoms with van der Waals surface area (Å²) >= 11 is 0. The Balaban J connectivity index is 1.73. The van der Waals surface area contributed by atoms with Crippen molar-refractivity contribution in [3.05, 3.63) is 42.5 Å². The van der Waals surface area contributed by atoms with E-state index < -0.39 is 16.1 Å². The van der Waals surface area contributed by atoms with Crippen molar-refractivity contribution < 1.29 is 22.7 Å². The van der Waals surface area contributed by atoms with Crippen LogP contribution in [0.25, 0.3) is 0 Å². The Morgan fingerprint density at radius 1 is 1.07 bits per heavy atom. The molecule has 0 radical (unpaired) electrons. The molecular formula is C18H21N3O5S. The minimum absolute atomic E-state index is 0.141. The van der Waals surface area contributed by atoms with E-state index >= 15 is 0 Å². The number of ether oxygens (including phenoxy) is 2. The summed E-state index contributed by atoms with van der Waals surface area (Å²) in [5.74, 6) is 1.21. The molecule has 1 aliphatic heterocycles. The Hall–Kier alpha value is -2.94. The SMILES string of the molecule is COc1ccc(NC(=O)Nc2cccc(N3CCCS3(=O)=O)c2)c(OC)c1. The number of hydrogen-bond donors (Lipinski definition) is 2. The lowest BCUT2D eigenvalue weighted by molar-refractivity contribution is 0.262. The fraction of sp³-hybridized carbons (Fsp3) is 0.278. The molecule has 1 heterocycles. The quantitative estimate of drug-likeness (QED) is 0.817. The Kier molecular flexibility index (Phi) is 5.41. The number of sulfonamides is 1. The Labute approximate surface area is 158 Å². The minimum atomic E-state index is -3.27. The van der Waals surface area contributed by atoms with Crippen LogP contribution in [-0.2, 0) is 10.0 Å². The summed E-state index contributed by atoms with van der Waals surface area (Å²) in [6, 6.07) is 11.3. The molecule has 2 N–H and O–H groups in total. The van der Waals surface area contributed by atoms with Crippen molar-refractivity contribution in [1.82, 2.24) is 0 Å². The first kappa shape index (κ1) is 18.8. The minimum Gasteiger partial charge on any atom is -0.497 e. The van der Waals surface area contributed by atoms with Crippen molar-refractivity contribution in [3.8, 4) is 11.5 Å². The summed E-state index contributed by atoms with van der Waals surface area (Å²) < 4.78 is 35.9. The van der Waals surface area contributed by atoms with Gasteiger partial charge >= 0.3 is 6.03 Å². The lowest BCUT2D eigenvalue weighted by atomic mass is 10.2. The molecule has 3 rings (SSSR count). The third-order valence-electron chi connectivity index (χ3n) is 4.15. The molecule has 0 spiro atoms. The van der Waals surface area contributed by atoms with E-state index in [-0.39, 0.29) is 5.75 Å². The standard InChI is InChI=1S/C18H21N3O5S/c1-25-15-7-8-16(17(12-15)26-2)20-18(22)19-13-5-3-6-14(11-13)21-9-4-10-27(21,23)24/h3,5-8,11-12H,4,9-10H2,1-2H3,(H2,19,20,22). The molecule has 2 aromatic rings. The molecule has 2 aromatic carbocycles. The number of urea groups is 1. The van der Waals surface area contributed by atoms with Crippen LogP contribution in [-0.4, -0.2) is 41.0 Å². The predicted octanol–water partition coefficient (Wildman–Crippen LogP) is 2.89. The van der Waals surface area contributed by atoms with Gasteiger partial charge in [0.25, 0.3) is 0 Å². The number of carbonyl (C=O) groups excluding carboxylic acids is 1. The second-order valence-electron chi connectivity index (χ2n) is 5.94. The van der Waals surface area contributed by atoms with Crippen LogP contribution in [0.4, 0.5) is 21.9 Å². The largest absolute Gasteiger partial charge is 0.497 e. The molecule has 0 saturated carbocycles. The Morgan fingerprint density at radius 2 is 1.89 bits per heavy atom. The number of carbonyl (C=O) groups is 1. The predicted molar refractivity (Wildman–Crippen MR) is 104 cm³/mol. The van der Waals surface area contributed by atoms with Crippen molar-refractivity contribution in [1.29, 1.82) is 0 Å². The zero-order valence-electron chi connectivity index (χ0n) is 15.1. The first-order chi connectivity index (χ1) is 12.9. The van der Waals surface area contributed by atoms with Crippen LogP contribution < -0.4 is 24.4 Å². The van der Waals surface area contributed by atoms with E-state index in [1.165, 1.54) is 11.4 Å². The Bertz CT molecular complexity index is 946. The van der Waals surface area contributed by atoms with Crippen LogP contribution in [0.2, 0.25) is 0 Å². The van der Waals surface area contributed by atoms with Crippen LogP contribution in [0.15, 0.2) is 42.5 Å². The van der Waals surface area contributed by atoms with E-state index in [1.807, 2.05) is 0 Å². The highest BCUT2D eigenvalue weighted by Crippen LogP contribution is 2.30. The molecule has 8 nitrogen and oxygen atoms in total. The van der Waals surface area contributed by atoms with Gasteiger partial charge in [0, 0.05) is 18.3 Å². The summed E-state index contributed by atoms with van der Waals surface area (Å²) in [6.45, 7) is 0.445. The normalized spacial score (nSPS) is 15.3. The number of benzene rings is 2. The van der Waals surface area contributed by atoms with E-state index in [0.29, 0.717) is 41.5 Å². The second-order valence-corrected chi connectivity index (χ2v) is 7.95. The molecule has 144 valence electrons. The van der Waals surface area contributed by atoms with Gasteiger partial charge in [-0.25, -0.2) is 13.2 Å². The number of hydrogen-bond acceptors (Lipinski definition) is 5. The number of anilines is 3. The van der Waals surface area contributed by atoms with Crippen LogP contribution in [0, 0.1) is 0 Å². The molecule has 1 fully saturated rings. The molecule has 27 heavy (non-hydrogen) atoms. The molecule has 0 aromatic heterocycles. The van der Waals surface area contributed by atoms with Crippen molar-refractivity contribution in [3.63, 3.8) is 0 Å². The van der Waals surface area contributed by atoms with E-state index in [0.717, 1.165) is 0 Å². The fourth-order valence-electron chi connectivity index (χ4n) is 2.85. The average molecular weight is 391 g/mol. The van der Waals surface area contributed by atoms with E-state index in [2.05, 4.69) is 10.6 Å². The van der Waals surface area contributed by atoms with E-state index in [4.69, 9.17) is 9.47 Å². The average Bonchev–Trinajstić information content (AvgIpc) is 3.01. The van der Waals surface area contributed by atoms with Gasteiger partial charge in [0.1, 0.15) is 11.5 Å². The van der Waals surface area contributed by atoms with Gasteiger partial charge in [0.05, 0.1) is 31.3 Å². The van der Waals surface area contributed by atoms with Crippen molar-refractivity contribution >= 4 is 33.1 Å². The molecule has 0 bridgehead atoms. The molecule has 1 aliphatic rings. The third kappa shape index (κ3) is 4.25. The maximum absolute atomic E-state index is 12.3. The summed E-state index contributed by atoms with van der Waals surface area (Å²) in [5.41, 5.74) is 1.50. The highest BCUT2D eigenvalue weighted by atomic mass is 32.2. The summed E-state index contributed by atoms with van der Waals surface area (Å²) in [5, 5.41) is 5.41. The summed E-state index contributed by atoms with van der Waals surface area (Å²) in [6.07, 6.45) is 0.595. The number of nitrogens with one attached hydrogen (secondary N) is 2. The number of amides is 2. The fourth-order valence-corrected chi connectivity index (χ4v) is 4.41. The van der Waals surface area contributed by atoms with Gasteiger partial charge in [0.15, 0.2) is 0 Å². The molecule has 9 heteroatoms. The molecule has 0 atom stereocenters. The second kappa shape index (κ2) is 7.75. The van der Waals surface area contributed by atoms with Crippen molar-refractivity contribution in [2.45, 2.75) is 6.42 Å². The van der Waals surface area contributed by atoms with Crippen molar-refractivity contribution in [2.75, 3.05) is 41.5 Å². The monoisotopic (exact) mass is 391 g/mol. The maximum Gasteiger partial charge on any atom is 0.323 e. The van der Waals surface area contributed by atoms with Gasteiger partial charge in [-0.05, 0) is 36.8 Å². The number of nitrogens with zero attached hydrogens (tertiary/aromatic N) is 1. The van der Waals surface area contributed by atoms with Gasteiger partial charge in [-0.2, -0.15) is 0 Å². The van der Waals surface area contributed by atoms with Crippen LogP contribution >= 0.6 is 0 Å². The van der Waals surface area contributed by atoms with Gasteiger partial charge in [-0.1, -0.05) is 6.07 Å². The van der Waals surface area contributed by atoms with Gasteiger partial charge in [-0.3, -0.25) is 4.31 Å². The highest BCUT2D eigenvalue weighted by molar-refractivity contribution is 7.93. The van der Waals surface area contributed by atoms with Gasteiger partial charge in [0.2, 0.25) is 10.0 Å². The lowest BCUT2D eigenvalue weighted by Gasteiger charge is -2.18. The van der Waals surface area contributed by atoms with Gasteiger partial charge in [-0.15, -0.1) is 0 Å². The molecule has 2 amide bonds. The topological polar surface area (TPSA) is 97.0 Å². The van der Waals surface area contributed by atoms with E-state index in [1.54, 1.807) is 49.6 Å². The Morgan fingerprint density at radius 3 is 2.56 bits per heavy atom. The zero-order valence-corrected chi connectivity index (χ0v) is 15.9. The maximum atomic E-state index is 12.3. The van der Waals surface area contributed by atoms with Crippen LogP contribution in [0.3, 0.4) is 0 Å². The number of rotatable bonds is 5. The van der Waals surface area contributed by atoms with E-state index in [9.17, 15) is 13.2 Å². The smallest absolute Gasteiger partial charge is 0.323 e. The first-order valence-corrected chi connectivity index (χ1v) is 9.94. The zero-order chi connectivity index (χ0) is 19.4. The number of methoxy groups -OCH3 is 2. The lowest BCUT2D eigenvalue weighted by Crippen LogP contribution is -2.25. The van der Waals surface area contributed by atoms with Gasteiger partial charge < -0.3 is 20.1 Å². The third-order valence-corrected chi connectivity index (χ3v) is 6.02.